The molecule has 112 valence electrons. The predicted molar refractivity (Wildman–Crippen MR) is 86.2 cm³/mol. The molecule has 3 rings (SSSR count). The largest absolute Gasteiger partial charge is 0.384 e. The Morgan fingerprint density at radius 3 is 2.55 bits per heavy atom. The minimum atomic E-state index is -0.146. The number of nitrogen functional groups attached to an aromatic ring is 2. The van der Waals surface area contributed by atoms with Crippen LogP contribution >= 0.6 is 0 Å². The number of rotatable bonds is 2. The van der Waals surface area contributed by atoms with E-state index in [9.17, 15) is 4.79 Å². The summed E-state index contributed by atoms with van der Waals surface area (Å²) in [4.78, 5) is 25.1. The van der Waals surface area contributed by atoms with E-state index in [4.69, 9.17) is 11.5 Å². The molecule has 7 heteroatoms. The van der Waals surface area contributed by atoms with Gasteiger partial charge in [-0.3, -0.25) is 9.36 Å². The molecule has 7 nitrogen and oxygen atoms in total. The normalized spacial score (nSPS) is 11.2. The zero-order valence-corrected chi connectivity index (χ0v) is 12.3. The van der Waals surface area contributed by atoms with E-state index >= 15 is 0 Å². The molecule has 0 radical (unpaired) electrons. The predicted octanol–water partition coefficient (Wildman–Crippen LogP) is 1.60. The van der Waals surface area contributed by atoms with E-state index in [0.29, 0.717) is 22.6 Å². The first kappa shape index (κ1) is 14.0. The molecule has 0 aliphatic rings. The molecule has 3 heterocycles. The van der Waals surface area contributed by atoms with Crippen LogP contribution in [0.1, 0.15) is 19.9 Å². The molecule has 0 saturated carbocycles. The molecular formula is C15H16N6O. The molecule has 0 aliphatic heterocycles. The second-order valence-electron chi connectivity index (χ2n) is 5.31. The van der Waals surface area contributed by atoms with Crippen molar-refractivity contribution in [2.24, 2.45) is 0 Å². The highest BCUT2D eigenvalue weighted by Crippen LogP contribution is 2.22. The topological polar surface area (TPSA) is 113 Å². The van der Waals surface area contributed by atoms with Crippen LogP contribution in [0.15, 0.2) is 35.4 Å². The fraction of sp³-hybridized carbons (Fsp3) is 0.200. The Labute approximate surface area is 126 Å². The van der Waals surface area contributed by atoms with Crippen molar-refractivity contribution in [2.75, 3.05) is 11.5 Å². The second kappa shape index (κ2) is 5.10. The van der Waals surface area contributed by atoms with Crippen LogP contribution in [-0.4, -0.2) is 19.5 Å². The number of anilines is 2. The Bertz CT molecular complexity index is 898. The van der Waals surface area contributed by atoms with Gasteiger partial charge in [-0.1, -0.05) is 0 Å². The van der Waals surface area contributed by atoms with Crippen molar-refractivity contribution >= 4 is 22.8 Å². The maximum absolute atomic E-state index is 12.8. The minimum Gasteiger partial charge on any atom is -0.384 e. The highest BCUT2D eigenvalue weighted by molar-refractivity contribution is 5.81. The summed E-state index contributed by atoms with van der Waals surface area (Å²) in [5, 5.41) is 0.745. The summed E-state index contributed by atoms with van der Waals surface area (Å²) in [5.41, 5.74) is 12.9. The summed E-state index contributed by atoms with van der Waals surface area (Å²) in [5.74, 6) is 0.549. The van der Waals surface area contributed by atoms with E-state index in [0.717, 1.165) is 5.39 Å². The first-order chi connectivity index (χ1) is 10.5. The van der Waals surface area contributed by atoms with Crippen molar-refractivity contribution in [2.45, 2.75) is 19.9 Å². The lowest BCUT2D eigenvalue weighted by Crippen LogP contribution is -2.25. The third-order valence-corrected chi connectivity index (χ3v) is 3.41. The Hall–Kier alpha value is -2.96. The second-order valence-corrected chi connectivity index (χ2v) is 5.31. The molecule has 0 aliphatic carbocycles. The van der Waals surface area contributed by atoms with Crippen LogP contribution < -0.4 is 17.0 Å². The molecule has 0 amide bonds. The van der Waals surface area contributed by atoms with E-state index in [1.807, 2.05) is 13.8 Å². The molecule has 0 spiro atoms. The lowest BCUT2D eigenvalue weighted by Gasteiger charge is -2.15. The van der Waals surface area contributed by atoms with Crippen LogP contribution in [0.5, 0.6) is 0 Å². The zero-order valence-electron chi connectivity index (χ0n) is 12.3. The molecule has 0 unspecified atom stereocenters. The van der Waals surface area contributed by atoms with Crippen molar-refractivity contribution in [3.63, 3.8) is 0 Å². The number of hydrogen-bond donors (Lipinski definition) is 2. The van der Waals surface area contributed by atoms with Crippen molar-refractivity contribution in [3.8, 4) is 11.1 Å². The summed E-state index contributed by atoms with van der Waals surface area (Å²) < 4.78 is 1.61. The molecule has 4 N–H and O–H groups in total. The minimum absolute atomic E-state index is 0.0639. The molecule has 0 aromatic carbocycles. The van der Waals surface area contributed by atoms with Crippen LogP contribution in [0.2, 0.25) is 0 Å². The molecule has 0 atom stereocenters. The van der Waals surface area contributed by atoms with Gasteiger partial charge in [0.25, 0.3) is 5.56 Å². The molecule has 22 heavy (non-hydrogen) atoms. The van der Waals surface area contributed by atoms with Gasteiger partial charge in [-0.15, -0.1) is 0 Å². The number of fused-ring (bicyclic) bond motifs is 1. The SMILES string of the molecule is CC(C)n1c(=O)c(-c2ccc(N)nc2)cc2cnc(N)nc21. The van der Waals surface area contributed by atoms with Gasteiger partial charge in [0.05, 0.1) is 0 Å². The van der Waals surface area contributed by atoms with Crippen LogP contribution in [0, 0.1) is 0 Å². The Balaban J connectivity index is 2.37. The van der Waals surface area contributed by atoms with E-state index in [1.54, 1.807) is 35.2 Å². The number of pyridine rings is 2. The van der Waals surface area contributed by atoms with Crippen molar-refractivity contribution < 1.29 is 0 Å². The van der Waals surface area contributed by atoms with Crippen molar-refractivity contribution in [1.82, 2.24) is 19.5 Å². The summed E-state index contributed by atoms with van der Waals surface area (Å²) in [6, 6.07) is 5.13. The van der Waals surface area contributed by atoms with Gasteiger partial charge in [-0.05, 0) is 32.0 Å². The standard InChI is InChI=1S/C15H16N6O/c1-8(2)21-13-10(7-19-15(17)20-13)5-11(14(21)22)9-3-4-12(16)18-6-9/h3-8H,1-2H3,(H2,16,18)(H2,17,19,20). The molecule has 0 fully saturated rings. The first-order valence-electron chi connectivity index (χ1n) is 6.87. The maximum Gasteiger partial charge on any atom is 0.260 e. The van der Waals surface area contributed by atoms with Gasteiger partial charge < -0.3 is 11.5 Å². The average Bonchev–Trinajstić information content (AvgIpc) is 2.47. The molecule has 3 aromatic rings. The smallest absolute Gasteiger partial charge is 0.260 e. The molecule has 0 saturated heterocycles. The maximum atomic E-state index is 12.8. The number of nitrogens with zero attached hydrogens (tertiary/aromatic N) is 4. The lowest BCUT2D eigenvalue weighted by molar-refractivity contribution is 0.596. The van der Waals surface area contributed by atoms with E-state index < -0.39 is 0 Å². The Morgan fingerprint density at radius 1 is 1.14 bits per heavy atom. The summed E-state index contributed by atoms with van der Waals surface area (Å²) >= 11 is 0. The molecule has 3 aromatic heterocycles. The lowest BCUT2D eigenvalue weighted by atomic mass is 10.1. The van der Waals surface area contributed by atoms with Gasteiger partial charge in [-0.2, -0.15) is 4.98 Å². The third kappa shape index (κ3) is 2.26. The molecular weight excluding hydrogens is 280 g/mol. The fourth-order valence-corrected chi connectivity index (χ4v) is 2.38. The monoisotopic (exact) mass is 296 g/mol. The van der Waals surface area contributed by atoms with Crippen LogP contribution in [0.4, 0.5) is 11.8 Å². The van der Waals surface area contributed by atoms with Gasteiger partial charge >= 0.3 is 0 Å². The highest BCUT2D eigenvalue weighted by Gasteiger charge is 2.15. The van der Waals surface area contributed by atoms with Crippen LogP contribution in [0.25, 0.3) is 22.2 Å². The van der Waals surface area contributed by atoms with E-state index in [1.165, 1.54) is 0 Å². The fourth-order valence-electron chi connectivity index (χ4n) is 2.38. The van der Waals surface area contributed by atoms with Gasteiger partial charge in [0.1, 0.15) is 11.5 Å². The zero-order chi connectivity index (χ0) is 15.9. The number of aromatic nitrogens is 4. The van der Waals surface area contributed by atoms with Crippen LogP contribution in [-0.2, 0) is 0 Å². The average molecular weight is 296 g/mol. The highest BCUT2D eigenvalue weighted by atomic mass is 16.1. The van der Waals surface area contributed by atoms with Crippen molar-refractivity contribution in [1.29, 1.82) is 0 Å². The van der Waals surface area contributed by atoms with E-state index in [2.05, 4.69) is 15.0 Å². The number of hydrogen-bond acceptors (Lipinski definition) is 6. The number of nitrogens with two attached hydrogens (primary N) is 2. The van der Waals surface area contributed by atoms with Gasteiger partial charge in [0, 0.05) is 34.9 Å². The van der Waals surface area contributed by atoms with Gasteiger partial charge in [0.2, 0.25) is 5.95 Å². The first-order valence-corrected chi connectivity index (χ1v) is 6.87. The summed E-state index contributed by atoms with van der Waals surface area (Å²) in [6.45, 7) is 3.84. The van der Waals surface area contributed by atoms with E-state index in [-0.39, 0.29) is 17.5 Å². The van der Waals surface area contributed by atoms with Crippen molar-refractivity contribution in [3.05, 3.63) is 40.9 Å². The van der Waals surface area contributed by atoms with Gasteiger partial charge in [-0.25, -0.2) is 9.97 Å². The summed E-state index contributed by atoms with van der Waals surface area (Å²) in [7, 11) is 0. The quantitative estimate of drug-likeness (QED) is 0.742. The Kier molecular flexibility index (Phi) is 3.25. The molecule has 0 bridgehead atoms. The van der Waals surface area contributed by atoms with Gasteiger partial charge in [0.15, 0.2) is 0 Å². The third-order valence-electron chi connectivity index (χ3n) is 3.41. The summed E-state index contributed by atoms with van der Waals surface area (Å²) in [6.07, 6.45) is 3.20. The Morgan fingerprint density at radius 2 is 1.91 bits per heavy atom. The van der Waals surface area contributed by atoms with Crippen LogP contribution in [0.3, 0.4) is 0 Å².